The highest BCUT2D eigenvalue weighted by molar-refractivity contribution is 5.98. The van der Waals surface area contributed by atoms with Gasteiger partial charge in [-0.25, -0.2) is 0 Å². The quantitative estimate of drug-likeness (QED) is 0.829. The van der Waals surface area contributed by atoms with Gasteiger partial charge in [-0.1, -0.05) is 0 Å². The average molecular weight is 264 g/mol. The molecule has 4 nitrogen and oxygen atoms in total. The molecule has 1 saturated heterocycles. The van der Waals surface area contributed by atoms with Crippen molar-refractivity contribution in [3.05, 3.63) is 23.0 Å². The lowest BCUT2D eigenvalue weighted by atomic mass is 9.97. The summed E-state index contributed by atoms with van der Waals surface area (Å²) in [4.78, 5) is 17.7. The van der Waals surface area contributed by atoms with Crippen molar-refractivity contribution in [1.82, 2.24) is 9.88 Å². The number of ether oxygens (including phenoxy) is 1. The number of Topliss-reactive ketones (excluding diaryl/α,β-unsaturated/α-hetero) is 1. The standard InChI is InChI=1S/C15H24N2O2/c1-11-8-14(12(2)16-11)15(18)9-17-6-4-13(5-7-17)10-19-3/h8,13,16H,4-7,9-10H2,1-3H3. The van der Waals surface area contributed by atoms with Crippen LogP contribution in [0.4, 0.5) is 0 Å². The Hall–Kier alpha value is -1.13. The number of aromatic nitrogens is 1. The zero-order valence-electron chi connectivity index (χ0n) is 12.2. The fourth-order valence-corrected chi connectivity index (χ4v) is 2.85. The van der Waals surface area contributed by atoms with Gasteiger partial charge in [0.2, 0.25) is 0 Å². The second-order valence-corrected chi connectivity index (χ2v) is 5.59. The highest BCUT2D eigenvalue weighted by atomic mass is 16.5. The number of nitrogens with zero attached hydrogens (tertiary/aromatic N) is 1. The van der Waals surface area contributed by atoms with Crippen LogP contribution in [0.25, 0.3) is 0 Å². The molecule has 0 atom stereocenters. The summed E-state index contributed by atoms with van der Waals surface area (Å²) >= 11 is 0. The molecule has 106 valence electrons. The molecule has 0 aromatic carbocycles. The second-order valence-electron chi connectivity index (χ2n) is 5.59. The molecule has 19 heavy (non-hydrogen) atoms. The van der Waals surface area contributed by atoms with Gasteiger partial charge in [-0.05, 0) is 51.8 Å². The van der Waals surface area contributed by atoms with Crippen LogP contribution in [0.3, 0.4) is 0 Å². The van der Waals surface area contributed by atoms with Crippen LogP contribution in [0.5, 0.6) is 0 Å². The van der Waals surface area contributed by atoms with Gasteiger partial charge in [-0.3, -0.25) is 9.69 Å². The third-order valence-electron chi connectivity index (χ3n) is 3.93. The molecule has 0 unspecified atom stereocenters. The average Bonchev–Trinajstić information content (AvgIpc) is 2.71. The van der Waals surface area contributed by atoms with Gasteiger partial charge in [-0.15, -0.1) is 0 Å². The Kier molecular flexibility index (Phi) is 4.77. The summed E-state index contributed by atoms with van der Waals surface area (Å²) in [6.07, 6.45) is 2.26. The number of hydrogen-bond acceptors (Lipinski definition) is 3. The number of rotatable bonds is 5. The normalized spacial score (nSPS) is 17.8. The number of likely N-dealkylation sites (tertiary alicyclic amines) is 1. The minimum atomic E-state index is 0.229. The largest absolute Gasteiger partial charge is 0.384 e. The number of carbonyl (C=O) groups is 1. The zero-order valence-corrected chi connectivity index (χ0v) is 12.2. The molecule has 0 radical (unpaired) electrons. The minimum absolute atomic E-state index is 0.229. The molecular formula is C15H24N2O2. The van der Waals surface area contributed by atoms with Gasteiger partial charge >= 0.3 is 0 Å². The molecule has 1 aromatic heterocycles. The maximum Gasteiger partial charge on any atom is 0.178 e. The van der Waals surface area contributed by atoms with E-state index in [1.807, 2.05) is 19.9 Å². The van der Waals surface area contributed by atoms with E-state index in [1.54, 1.807) is 7.11 Å². The fraction of sp³-hybridized carbons (Fsp3) is 0.667. The summed E-state index contributed by atoms with van der Waals surface area (Å²) in [7, 11) is 1.76. The van der Waals surface area contributed by atoms with Crippen LogP contribution in [-0.2, 0) is 4.74 Å². The third-order valence-corrected chi connectivity index (χ3v) is 3.93. The predicted molar refractivity (Wildman–Crippen MR) is 75.6 cm³/mol. The fourth-order valence-electron chi connectivity index (χ4n) is 2.85. The van der Waals surface area contributed by atoms with Gasteiger partial charge in [0.05, 0.1) is 6.54 Å². The molecule has 2 heterocycles. The molecule has 2 rings (SSSR count). The van der Waals surface area contributed by atoms with Crippen molar-refractivity contribution in [3.8, 4) is 0 Å². The Morgan fingerprint density at radius 2 is 2.11 bits per heavy atom. The lowest BCUT2D eigenvalue weighted by Crippen LogP contribution is -2.38. The molecule has 0 saturated carbocycles. The number of piperidine rings is 1. The van der Waals surface area contributed by atoms with Crippen LogP contribution < -0.4 is 0 Å². The van der Waals surface area contributed by atoms with E-state index < -0.39 is 0 Å². The Labute approximate surface area is 115 Å². The van der Waals surface area contributed by atoms with E-state index >= 15 is 0 Å². The smallest absolute Gasteiger partial charge is 0.178 e. The molecule has 4 heteroatoms. The van der Waals surface area contributed by atoms with E-state index in [0.717, 1.165) is 49.5 Å². The molecule has 1 N–H and O–H groups in total. The maximum atomic E-state index is 12.3. The topological polar surface area (TPSA) is 45.3 Å². The Balaban J connectivity index is 1.85. The van der Waals surface area contributed by atoms with Gasteiger partial charge < -0.3 is 9.72 Å². The first-order chi connectivity index (χ1) is 9.10. The van der Waals surface area contributed by atoms with E-state index in [0.29, 0.717) is 12.5 Å². The maximum absolute atomic E-state index is 12.3. The van der Waals surface area contributed by atoms with Crippen molar-refractivity contribution in [2.75, 3.05) is 33.4 Å². The number of carbonyl (C=O) groups excluding carboxylic acids is 1. The summed E-state index contributed by atoms with van der Waals surface area (Å²) in [5, 5.41) is 0. The lowest BCUT2D eigenvalue weighted by Gasteiger charge is -2.30. The number of hydrogen-bond donors (Lipinski definition) is 1. The monoisotopic (exact) mass is 264 g/mol. The van der Waals surface area contributed by atoms with Crippen LogP contribution >= 0.6 is 0 Å². The Bertz CT molecular complexity index is 431. The molecule has 1 aromatic rings. The summed E-state index contributed by atoms with van der Waals surface area (Å²) < 4.78 is 5.20. The molecule has 0 aliphatic carbocycles. The van der Waals surface area contributed by atoms with Crippen molar-refractivity contribution in [1.29, 1.82) is 0 Å². The number of methoxy groups -OCH3 is 1. The van der Waals surface area contributed by atoms with Crippen LogP contribution in [-0.4, -0.2) is 49.0 Å². The summed E-state index contributed by atoms with van der Waals surface area (Å²) in [6.45, 7) is 7.34. The highest BCUT2D eigenvalue weighted by Gasteiger charge is 2.22. The molecule has 1 aliphatic rings. The first-order valence-corrected chi connectivity index (χ1v) is 7.01. The van der Waals surface area contributed by atoms with Crippen LogP contribution in [0.1, 0.15) is 34.6 Å². The van der Waals surface area contributed by atoms with Crippen LogP contribution in [0.2, 0.25) is 0 Å². The number of H-pyrrole nitrogens is 1. The molecule has 0 bridgehead atoms. The molecule has 0 amide bonds. The van der Waals surface area contributed by atoms with Crippen molar-refractivity contribution in [2.45, 2.75) is 26.7 Å². The highest BCUT2D eigenvalue weighted by Crippen LogP contribution is 2.18. The van der Waals surface area contributed by atoms with Crippen LogP contribution in [0.15, 0.2) is 6.07 Å². The van der Waals surface area contributed by atoms with Gasteiger partial charge in [0.25, 0.3) is 0 Å². The molecular weight excluding hydrogens is 240 g/mol. The van der Waals surface area contributed by atoms with E-state index in [1.165, 1.54) is 0 Å². The summed E-state index contributed by atoms with van der Waals surface area (Å²) in [6, 6.07) is 1.95. The van der Waals surface area contributed by atoms with Crippen molar-refractivity contribution < 1.29 is 9.53 Å². The van der Waals surface area contributed by atoms with Crippen LogP contribution in [0, 0.1) is 19.8 Å². The van der Waals surface area contributed by atoms with Crippen molar-refractivity contribution in [3.63, 3.8) is 0 Å². The van der Waals surface area contributed by atoms with Crippen molar-refractivity contribution >= 4 is 5.78 Å². The van der Waals surface area contributed by atoms with Gasteiger partial charge in [-0.2, -0.15) is 0 Å². The predicted octanol–water partition coefficient (Wildman–Crippen LogP) is 2.17. The van der Waals surface area contributed by atoms with Gasteiger partial charge in [0.1, 0.15) is 0 Å². The number of aromatic amines is 1. The number of nitrogens with one attached hydrogen (secondary N) is 1. The third kappa shape index (κ3) is 3.67. The molecule has 0 spiro atoms. The SMILES string of the molecule is COCC1CCN(CC(=O)c2cc(C)[nH]c2C)CC1. The Morgan fingerprint density at radius 1 is 1.42 bits per heavy atom. The van der Waals surface area contributed by atoms with E-state index in [2.05, 4.69) is 9.88 Å². The van der Waals surface area contributed by atoms with Gasteiger partial charge in [0.15, 0.2) is 5.78 Å². The number of aryl methyl sites for hydroxylation is 2. The van der Waals surface area contributed by atoms with E-state index in [9.17, 15) is 4.79 Å². The van der Waals surface area contributed by atoms with Crippen molar-refractivity contribution in [2.24, 2.45) is 5.92 Å². The lowest BCUT2D eigenvalue weighted by molar-refractivity contribution is 0.0809. The zero-order chi connectivity index (χ0) is 13.8. The molecule has 1 aliphatic heterocycles. The van der Waals surface area contributed by atoms with E-state index in [-0.39, 0.29) is 5.78 Å². The number of ketones is 1. The molecule has 1 fully saturated rings. The first kappa shape index (κ1) is 14.3. The minimum Gasteiger partial charge on any atom is -0.384 e. The summed E-state index contributed by atoms with van der Waals surface area (Å²) in [5.74, 6) is 0.889. The second kappa shape index (κ2) is 6.35. The Morgan fingerprint density at radius 3 is 2.63 bits per heavy atom. The first-order valence-electron chi connectivity index (χ1n) is 7.01. The van der Waals surface area contributed by atoms with E-state index in [4.69, 9.17) is 4.74 Å². The summed E-state index contributed by atoms with van der Waals surface area (Å²) in [5.41, 5.74) is 2.88. The van der Waals surface area contributed by atoms with Gasteiger partial charge in [0, 0.05) is 30.7 Å².